The quantitative estimate of drug-likeness (QED) is 0.878. The highest BCUT2D eigenvalue weighted by Crippen LogP contribution is 2.28. The minimum absolute atomic E-state index is 0.288. The molecule has 2 fully saturated rings. The fraction of sp³-hybridized carbons (Fsp3) is 0.733. The average molecular weight is 326 g/mol. The van der Waals surface area contributed by atoms with E-state index in [1.807, 2.05) is 6.92 Å². The van der Waals surface area contributed by atoms with E-state index in [1.54, 1.807) is 0 Å². The van der Waals surface area contributed by atoms with Crippen molar-refractivity contribution in [3.05, 3.63) is 10.7 Å². The number of nitrogens with zero attached hydrogens (tertiary/aromatic N) is 3. The Labute approximate surface area is 136 Å². The van der Waals surface area contributed by atoms with Crippen LogP contribution in [0.5, 0.6) is 0 Å². The Kier molecular flexibility index (Phi) is 5.00. The van der Waals surface area contributed by atoms with Crippen LogP contribution in [0, 0.1) is 6.92 Å². The molecule has 1 atom stereocenters. The summed E-state index contributed by atoms with van der Waals surface area (Å²) in [6.45, 7) is 5.60. The molecular formula is C15H24ClN5O. The van der Waals surface area contributed by atoms with E-state index in [2.05, 4.69) is 20.2 Å². The maximum atomic E-state index is 6.33. The van der Waals surface area contributed by atoms with Gasteiger partial charge in [-0.15, -0.1) is 0 Å². The molecule has 1 unspecified atom stereocenters. The molecule has 1 aromatic rings. The summed E-state index contributed by atoms with van der Waals surface area (Å²) in [5, 5.41) is 4.24. The van der Waals surface area contributed by atoms with Crippen LogP contribution in [0.15, 0.2) is 0 Å². The van der Waals surface area contributed by atoms with Gasteiger partial charge >= 0.3 is 0 Å². The van der Waals surface area contributed by atoms with Gasteiger partial charge in [-0.2, -0.15) is 4.98 Å². The predicted molar refractivity (Wildman–Crippen MR) is 88.4 cm³/mol. The average Bonchev–Trinajstić information content (AvgIpc) is 3.03. The summed E-state index contributed by atoms with van der Waals surface area (Å²) < 4.78 is 5.66. The molecule has 22 heavy (non-hydrogen) atoms. The van der Waals surface area contributed by atoms with E-state index in [0.29, 0.717) is 17.2 Å². The summed E-state index contributed by atoms with van der Waals surface area (Å²) in [7, 11) is 0. The maximum absolute atomic E-state index is 6.33. The molecule has 2 aliphatic heterocycles. The summed E-state index contributed by atoms with van der Waals surface area (Å²) in [5.41, 5.74) is 6.48. The van der Waals surface area contributed by atoms with E-state index in [9.17, 15) is 0 Å². The number of rotatable bonds is 4. The van der Waals surface area contributed by atoms with Crippen LogP contribution in [0.4, 0.5) is 11.8 Å². The molecule has 0 saturated carbocycles. The summed E-state index contributed by atoms with van der Waals surface area (Å²) in [6.07, 6.45) is 4.92. The number of halogens is 1. The predicted octanol–water partition coefficient (Wildman–Crippen LogP) is 1.76. The standard InChI is InChI=1S/C15H24ClN5O/c1-10-13(16)14(20-15(17)19-10)21-6-4-11(5-7-21)18-9-12-3-2-8-22-12/h11-12,18H,2-9H2,1H3,(H2,17,19,20). The van der Waals surface area contributed by atoms with Crippen LogP contribution in [-0.2, 0) is 4.74 Å². The van der Waals surface area contributed by atoms with Crippen molar-refractivity contribution in [2.45, 2.75) is 44.8 Å². The van der Waals surface area contributed by atoms with Gasteiger partial charge in [-0.1, -0.05) is 11.6 Å². The van der Waals surface area contributed by atoms with Crippen molar-refractivity contribution in [2.24, 2.45) is 0 Å². The number of hydrogen-bond acceptors (Lipinski definition) is 6. The fourth-order valence-electron chi connectivity index (χ4n) is 3.17. The highest BCUT2D eigenvalue weighted by molar-refractivity contribution is 6.33. The number of aryl methyl sites for hydroxylation is 1. The Balaban J connectivity index is 1.53. The lowest BCUT2D eigenvalue weighted by Crippen LogP contribution is -2.45. The molecule has 0 bridgehead atoms. The zero-order chi connectivity index (χ0) is 15.5. The molecule has 6 nitrogen and oxygen atoms in total. The van der Waals surface area contributed by atoms with Crippen molar-refractivity contribution in [1.82, 2.24) is 15.3 Å². The monoisotopic (exact) mass is 325 g/mol. The Morgan fingerprint density at radius 2 is 2.09 bits per heavy atom. The Morgan fingerprint density at radius 3 is 2.77 bits per heavy atom. The third kappa shape index (κ3) is 3.62. The number of anilines is 2. The Bertz CT molecular complexity index is 513. The summed E-state index contributed by atoms with van der Waals surface area (Å²) in [4.78, 5) is 10.6. The van der Waals surface area contributed by atoms with Gasteiger partial charge in [0.25, 0.3) is 0 Å². The lowest BCUT2D eigenvalue weighted by atomic mass is 10.0. The lowest BCUT2D eigenvalue weighted by Gasteiger charge is -2.34. The first-order valence-electron chi connectivity index (χ1n) is 8.03. The second-order valence-electron chi connectivity index (χ2n) is 6.11. The van der Waals surface area contributed by atoms with Crippen LogP contribution >= 0.6 is 11.6 Å². The zero-order valence-corrected chi connectivity index (χ0v) is 13.8. The molecule has 2 saturated heterocycles. The van der Waals surface area contributed by atoms with Crippen LogP contribution in [0.3, 0.4) is 0 Å². The number of nitrogens with two attached hydrogens (primary N) is 1. The molecule has 1 aromatic heterocycles. The normalized spacial score (nSPS) is 23.2. The molecule has 0 aliphatic carbocycles. The minimum Gasteiger partial charge on any atom is -0.377 e. The van der Waals surface area contributed by atoms with Gasteiger partial charge in [0.15, 0.2) is 5.82 Å². The Morgan fingerprint density at radius 1 is 1.32 bits per heavy atom. The number of hydrogen-bond donors (Lipinski definition) is 2. The first-order valence-corrected chi connectivity index (χ1v) is 8.41. The van der Waals surface area contributed by atoms with Crippen molar-refractivity contribution in [3.8, 4) is 0 Å². The highest BCUT2D eigenvalue weighted by Gasteiger charge is 2.24. The van der Waals surface area contributed by atoms with Crippen LogP contribution in [0.2, 0.25) is 5.02 Å². The number of nitrogen functional groups attached to an aromatic ring is 1. The largest absolute Gasteiger partial charge is 0.377 e. The number of piperidine rings is 1. The van der Waals surface area contributed by atoms with Crippen molar-refractivity contribution in [3.63, 3.8) is 0 Å². The Hall–Kier alpha value is -1.11. The van der Waals surface area contributed by atoms with Crippen LogP contribution in [0.25, 0.3) is 0 Å². The third-order valence-electron chi connectivity index (χ3n) is 4.47. The van der Waals surface area contributed by atoms with E-state index >= 15 is 0 Å². The topological polar surface area (TPSA) is 76.3 Å². The van der Waals surface area contributed by atoms with Gasteiger partial charge in [-0.25, -0.2) is 4.98 Å². The second-order valence-corrected chi connectivity index (χ2v) is 6.49. The van der Waals surface area contributed by atoms with Gasteiger partial charge in [-0.3, -0.25) is 0 Å². The molecule has 0 aromatic carbocycles. The molecule has 122 valence electrons. The first-order chi connectivity index (χ1) is 10.6. The van der Waals surface area contributed by atoms with E-state index in [-0.39, 0.29) is 5.95 Å². The fourth-order valence-corrected chi connectivity index (χ4v) is 3.38. The van der Waals surface area contributed by atoms with Crippen molar-refractivity contribution >= 4 is 23.4 Å². The first kappa shape index (κ1) is 15.8. The van der Waals surface area contributed by atoms with Gasteiger partial charge in [-0.05, 0) is 32.6 Å². The van der Waals surface area contributed by atoms with Gasteiger partial charge in [0.05, 0.1) is 11.8 Å². The molecule has 2 aliphatic rings. The SMILES string of the molecule is Cc1nc(N)nc(N2CCC(NCC3CCCO3)CC2)c1Cl. The molecule has 0 amide bonds. The molecule has 7 heteroatoms. The van der Waals surface area contributed by atoms with Crippen LogP contribution in [0.1, 0.15) is 31.4 Å². The number of aromatic nitrogens is 2. The maximum Gasteiger partial charge on any atom is 0.222 e. The number of ether oxygens (including phenoxy) is 1. The van der Waals surface area contributed by atoms with Gasteiger partial charge in [0, 0.05) is 32.3 Å². The van der Waals surface area contributed by atoms with Crippen molar-refractivity contribution < 1.29 is 4.74 Å². The lowest BCUT2D eigenvalue weighted by molar-refractivity contribution is 0.106. The van der Waals surface area contributed by atoms with Crippen molar-refractivity contribution in [1.29, 1.82) is 0 Å². The third-order valence-corrected chi connectivity index (χ3v) is 4.91. The summed E-state index contributed by atoms with van der Waals surface area (Å²) >= 11 is 6.33. The molecule has 3 heterocycles. The molecule has 3 N–H and O–H groups in total. The van der Waals surface area contributed by atoms with Gasteiger partial charge in [0.1, 0.15) is 5.02 Å². The van der Waals surface area contributed by atoms with Crippen LogP contribution in [-0.4, -0.2) is 48.4 Å². The molecular weight excluding hydrogens is 302 g/mol. The summed E-state index contributed by atoms with van der Waals surface area (Å²) in [6, 6.07) is 0.541. The van der Waals surface area contributed by atoms with E-state index in [1.165, 1.54) is 12.8 Å². The highest BCUT2D eigenvalue weighted by atomic mass is 35.5. The number of nitrogens with one attached hydrogen (secondary N) is 1. The zero-order valence-electron chi connectivity index (χ0n) is 13.0. The van der Waals surface area contributed by atoms with Gasteiger partial charge < -0.3 is 20.7 Å². The minimum atomic E-state index is 0.288. The molecule has 0 spiro atoms. The van der Waals surface area contributed by atoms with E-state index in [4.69, 9.17) is 22.1 Å². The van der Waals surface area contributed by atoms with Gasteiger partial charge in [0.2, 0.25) is 5.95 Å². The van der Waals surface area contributed by atoms with E-state index in [0.717, 1.165) is 50.6 Å². The van der Waals surface area contributed by atoms with E-state index < -0.39 is 0 Å². The van der Waals surface area contributed by atoms with Crippen molar-refractivity contribution in [2.75, 3.05) is 36.9 Å². The summed E-state index contributed by atoms with van der Waals surface area (Å²) in [5.74, 6) is 1.06. The van der Waals surface area contributed by atoms with Crippen LogP contribution < -0.4 is 16.0 Å². The molecule has 3 rings (SSSR count). The smallest absolute Gasteiger partial charge is 0.222 e. The molecule has 0 radical (unpaired) electrons. The second kappa shape index (κ2) is 6.98.